The van der Waals surface area contributed by atoms with Gasteiger partial charge in [0.25, 0.3) is 0 Å². The van der Waals surface area contributed by atoms with Crippen molar-refractivity contribution in [1.82, 2.24) is 0 Å². The van der Waals surface area contributed by atoms with Gasteiger partial charge in [0.1, 0.15) is 11.4 Å². The second kappa shape index (κ2) is 5.46. The van der Waals surface area contributed by atoms with Gasteiger partial charge in [-0.2, -0.15) is 0 Å². The molecule has 3 heteroatoms. The van der Waals surface area contributed by atoms with E-state index in [-0.39, 0.29) is 5.97 Å². The first-order valence-corrected chi connectivity index (χ1v) is 6.10. The Morgan fingerprint density at radius 1 is 1.44 bits per heavy atom. The van der Waals surface area contributed by atoms with Crippen LogP contribution in [0.5, 0.6) is 0 Å². The molecule has 1 aliphatic rings. The predicted molar refractivity (Wildman–Crippen MR) is 62.0 cm³/mol. The van der Waals surface area contributed by atoms with Crippen LogP contribution in [0.25, 0.3) is 0 Å². The van der Waals surface area contributed by atoms with Crippen LogP contribution in [0, 0.1) is 5.92 Å². The fraction of sp³-hybridized carbons (Fsp3) is 0.846. The molecule has 0 heterocycles. The summed E-state index contributed by atoms with van der Waals surface area (Å²) in [5.74, 6) is 0.597. The highest BCUT2D eigenvalue weighted by Gasteiger charge is 2.22. The monoisotopic (exact) mass is 226 g/mol. The summed E-state index contributed by atoms with van der Waals surface area (Å²) >= 11 is 0. The second-order valence-corrected chi connectivity index (χ2v) is 5.63. The first-order valence-electron chi connectivity index (χ1n) is 6.10. The first-order chi connectivity index (χ1) is 7.37. The number of hydrogen-bond acceptors (Lipinski definition) is 3. The molecular formula is C13H22O3. The molecule has 1 aliphatic carbocycles. The molecule has 1 unspecified atom stereocenters. The fourth-order valence-electron chi connectivity index (χ4n) is 2.07. The van der Waals surface area contributed by atoms with Gasteiger partial charge in [0.05, 0.1) is 0 Å². The molecule has 3 nitrogen and oxygen atoms in total. The van der Waals surface area contributed by atoms with Crippen LogP contribution in [0.3, 0.4) is 0 Å². The number of carbonyl (C=O) groups is 2. The molecule has 0 aromatic rings. The third-order valence-corrected chi connectivity index (χ3v) is 2.76. The largest absolute Gasteiger partial charge is 0.460 e. The summed E-state index contributed by atoms with van der Waals surface area (Å²) < 4.78 is 5.23. The van der Waals surface area contributed by atoms with Gasteiger partial charge >= 0.3 is 5.97 Å². The zero-order valence-electron chi connectivity index (χ0n) is 10.5. The van der Waals surface area contributed by atoms with Crippen LogP contribution in [0.2, 0.25) is 0 Å². The van der Waals surface area contributed by atoms with E-state index in [9.17, 15) is 9.59 Å². The van der Waals surface area contributed by atoms with E-state index in [0.717, 1.165) is 25.7 Å². The van der Waals surface area contributed by atoms with Gasteiger partial charge in [-0.3, -0.25) is 9.59 Å². The summed E-state index contributed by atoms with van der Waals surface area (Å²) in [7, 11) is 0. The molecular weight excluding hydrogens is 204 g/mol. The molecule has 0 bridgehead atoms. The average molecular weight is 226 g/mol. The van der Waals surface area contributed by atoms with Gasteiger partial charge in [0.2, 0.25) is 0 Å². The van der Waals surface area contributed by atoms with Crippen molar-refractivity contribution >= 4 is 11.8 Å². The van der Waals surface area contributed by atoms with E-state index in [1.54, 1.807) is 0 Å². The summed E-state index contributed by atoms with van der Waals surface area (Å²) in [6.07, 6.45) is 4.67. The lowest BCUT2D eigenvalue weighted by molar-refractivity contribution is -0.155. The molecule has 0 aromatic heterocycles. The lowest BCUT2D eigenvalue weighted by Crippen LogP contribution is -2.24. The summed E-state index contributed by atoms with van der Waals surface area (Å²) in [5, 5.41) is 0. The van der Waals surface area contributed by atoms with Crippen molar-refractivity contribution in [2.75, 3.05) is 0 Å². The molecule has 0 saturated heterocycles. The van der Waals surface area contributed by atoms with Crippen LogP contribution in [0.15, 0.2) is 0 Å². The highest BCUT2D eigenvalue weighted by molar-refractivity contribution is 5.79. The molecule has 1 atom stereocenters. The SMILES string of the molecule is CC(C)(C)OC(=O)CCC1CCCC(=O)C1. The minimum atomic E-state index is -0.403. The molecule has 0 amide bonds. The summed E-state index contributed by atoms with van der Waals surface area (Å²) in [6, 6.07) is 0. The zero-order chi connectivity index (χ0) is 12.2. The molecule has 0 aliphatic heterocycles. The van der Waals surface area contributed by atoms with E-state index in [0.29, 0.717) is 24.5 Å². The van der Waals surface area contributed by atoms with Crippen molar-refractivity contribution in [2.24, 2.45) is 5.92 Å². The standard InChI is InChI=1S/C13H22O3/c1-13(2,3)16-12(15)8-7-10-5-4-6-11(14)9-10/h10H,4-9H2,1-3H3. The van der Waals surface area contributed by atoms with Gasteiger partial charge in [0, 0.05) is 19.3 Å². The maximum absolute atomic E-state index is 11.5. The van der Waals surface area contributed by atoms with Crippen LogP contribution in [-0.4, -0.2) is 17.4 Å². The fourth-order valence-corrected chi connectivity index (χ4v) is 2.07. The van der Waals surface area contributed by atoms with Crippen molar-refractivity contribution in [3.63, 3.8) is 0 Å². The Morgan fingerprint density at radius 2 is 2.12 bits per heavy atom. The van der Waals surface area contributed by atoms with E-state index in [1.165, 1.54) is 0 Å². The molecule has 16 heavy (non-hydrogen) atoms. The van der Waals surface area contributed by atoms with Gasteiger partial charge < -0.3 is 4.74 Å². The van der Waals surface area contributed by atoms with Crippen LogP contribution in [-0.2, 0) is 14.3 Å². The van der Waals surface area contributed by atoms with Crippen molar-refractivity contribution < 1.29 is 14.3 Å². The second-order valence-electron chi connectivity index (χ2n) is 5.63. The minimum absolute atomic E-state index is 0.148. The number of hydrogen-bond donors (Lipinski definition) is 0. The van der Waals surface area contributed by atoms with Crippen LogP contribution in [0.1, 0.15) is 59.3 Å². The van der Waals surface area contributed by atoms with Gasteiger partial charge in [-0.25, -0.2) is 0 Å². The van der Waals surface area contributed by atoms with Gasteiger partial charge in [-0.05, 0) is 46.0 Å². The average Bonchev–Trinajstić information content (AvgIpc) is 2.12. The lowest BCUT2D eigenvalue weighted by Gasteiger charge is -2.22. The van der Waals surface area contributed by atoms with E-state index >= 15 is 0 Å². The van der Waals surface area contributed by atoms with Crippen molar-refractivity contribution in [3.05, 3.63) is 0 Å². The van der Waals surface area contributed by atoms with Crippen LogP contribution < -0.4 is 0 Å². The van der Waals surface area contributed by atoms with E-state index in [4.69, 9.17) is 4.74 Å². The number of Topliss-reactive ketones (excluding diaryl/α,β-unsaturated/α-hetero) is 1. The first kappa shape index (κ1) is 13.2. The van der Waals surface area contributed by atoms with Crippen LogP contribution >= 0.6 is 0 Å². The number of ether oxygens (including phenoxy) is 1. The molecule has 0 spiro atoms. The molecule has 1 fully saturated rings. The van der Waals surface area contributed by atoms with Gasteiger partial charge in [-0.15, -0.1) is 0 Å². The zero-order valence-corrected chi connectivity index (χ0v) is 10.5. The third kappa shape index (κ3) is 5.29. The quantitative estimate of drug-likeness (QED) is 0.695. The van der Waals surface area contributed by atoms with E-state index in [2.05, 4.69) is 0 Å². The summed E-state index contributed by atoms with van der Waals surface area (Å²) in [6.45, 7) is 5.61. The highest BCUT2D eigenvalue weighted by atomic mass is 16.6. The van der Waals surface area contributed by atoms with Crippen molar-refractivity contribution in [1.29, 1.82) is 0 Å². The lowest BCUT2D eigenvalue weighted by atomic mass is 9.85. The predicted octanol–water partition coefficient (Wildman–Crippen LogP) is 2.87. The maximum atomic E-state index is 11.5. The van der Waals surface area contributed by atoms with E-state index < -0.39 is 5.60 Å². The minimum Gasteiger partial charge on any atom is -0.460 e. The molecule has 0 radical (unpaired) electrons. The molecule has 0 aromatic carbocycles. The summed E-state index contributed by atoms with van der Waals surface area (Å²) in [5.41, 5.74) is -0.403. The normalized spacial score (nSPS) is 21.9. The third-order valence-electron chi connectivity index (χ3n) is 2.76. The number of rotatable bonds is 3. The Morgan fingerprint density at radius 3 is 2.69 bits per heavy atom. The van der Waals surface area contributed by atoms with Crippen LogP contribution in [0.4, 0.5) is 0 Å². The number of carbonyl (C=O) groups excluding carboxylic acids is 2. The number of ketones is 1. The maximum Gasteiger partial charge on any atom is 0.306 e. The van der Waals surface area contributed by atoms with Gasteiger partial charge in [-0.1, -0.05) is 0 Å². The number of esters is 1. The van der Waals surface area contributed by atoms with Gasteiger partial charge in [0.15, 0.2) is 0 Å². The summed E-state index contributed by atoms with van der Waals surface area (Å²) in [4.78, 5) is 22.7. The smallest absolute Gasteiger partial charge is 0.306 e. The topological polar surface area (TPSA) is 43.4 Å². The Kier molecular flexibility index (Phi) is 4.51. The molecule has 1 rings (SSSR count). The molecule has 92 valence electrons. The molecule has 0 N–H and O–H groups in total. The Balaban J connectivity index is 2.23. The van der Waals surface area contributed by atoms with Crippen molar-refractivity contribution in [3.8, 4) is 0 Å². The van der Waals surface area contributed by atoms with Crippen molar-refractivity contribution in [2.45, 2.75) is 64.9 Å². The Bertz CT molecular complexity index is 263. The molecule has 1 saturated carbocycles. The highest BCUT2D eigenvalue weighted by Crippen LogP contribution is 2.25. The Labute approximate surface area is 97.5 Å². The van der Waals surface area contributed by atoms with E-state index in [1.807, 2.05) is 20.8 Å². The Hall–Kier alpha value is -0.860.